The first-order valence-electron chi connectivity index (χ1n) is 6.71. The van der Waals surface area contributed by atoms with Crippen molar-refractivity contribution in [2.24, 2.45) is 0 Å². The summed E-state index contributed by atoms with van der Waals surface area (Å²) in [5, 5.41) is 0. The summed E-state index contributed by atoms with van der Waals surface area (Å²) < 4.78 is 5.15. The predicted molar refractivity (Wildman–Crippen MR) is 75.2 cm³/mol. The van der Waals surface area contributed by atoms with Gasteiger partial charge in [0.25, 0.3) is 0 Å². The summed E-state index contributed by atoms with van der Waals surface area (Å²) in [6.07, 6.45) is 4.16. The molecule has 1 heterocycles. The third kappa shape index (κ3) is 3.14. The maximum absolute atomic E-state index is 5.15. The van der Waals surface area contributed by atoms with Gasteiger partial charge in [0.15, 0.2) is 0 Å². The van der Waals surface area contributed by atoms with Crippen molar-refractivity contribution in [3.8, 4) is 0 Å². The molecule has 0 aliphatic carbocycles. The summed E-state index contributed by atoms with van der Waals surface area (Å²) in [5.74, 6) is 0. The van der Waals surface area contributed by atoms with E-state index in [1.165, 1.54) is 11.1 Å². The van der Waals surface area contributed by atoms with Crippen molar-refractivity contribution in [3.63, 3.8) is 0 Å². The minimum absolute atomic E-state index is 0.579. The van der Waals surface area contributed by atoms with E-state index in [1.54, 1.807) is 7.11 Å². The van der Waals surface area contributed by atoms with Crippen molar-refractivity contribution in [1.29, 1.82) is 0 Å². The highest BCUT2D eigenvalue weighted by atomic mass is 16.5. The Morgan fingerprint density at radius 1 is 1.17 bits per heavy atom. The quantitative estimate of drug-likeness (QED) is 0.755. The van der Waals surface area contributed by atoms with Gasteiger partial charge in [-0.2, -0.15) is 0 Å². The molecule has 2 nitrogen and oxygen atoms in total. The number of rotatable bonds is 3. The van der Waals surface area contributed by atoms with Gasteiger partial charge in [0.05, 0.1) is 13.4 Å². The Labute approximate surface area is 110 Å². The Bertz CT molecular complexity index is 385. The molecule has 2 rings (SSSR count). The molecule has 0 unspecified atom stereocenters. The number of benzene rings is 1. The lowest BCUT2D eigenvalue weighted by Gasteiger charge is -2.40. The average molecular weight is 245 g/mol. The lowest BCUT2D eigenvalue weighted by atomic mass is 9.92. The summed E-state index contributed by atoms with van der Waals surface area (Å²) in [6.45, 7) is 5.66. The van der Waals surface area contributed by atoms with Gasteiger partial charge in [0.1, 0.15) is 0 Å². The molecule has 0 amide bonds. The molecule has 0 spiro atoms. The number of nitrogens with zero attached hydrogens (tertiary/aromatic N) is 1. The largest absolute Gasteiger partial charge is 0.504 e. The Hall–Kier alpha value is -1.28. The minimum atomic E-state index is 0.579. The number of hydrogen-bond acceptors (Lipinski definition) is 2. The van der Waals surface area contributed by atoms with Gasteiger partial charge in [-0.05, 0) is 37.8 Å². The molecule has 1 aliphatic heterocycles. The molecule has 18 heavy (non-hydrogen) atoms. The molecule has 0 bridgehead atoms. The molecule has 0 radical (unpaired) electrons. The summed E-state index contributed by atoms with van der Waals surface area (Å²) in [6, 6.07) is 11.9. The predicted octanol–water partition coefficient (Wildman–Crippen LogP) is 3.59. The highest BCUT2D eigenvalue weighted by Crippen LogP contribution is 2.28. The molecule has 1 aliphatic rings. The highest BCUT2D eigenvalue weighted by Gasteiger charge is 2.27. The zero-order valence-corrected chi connectivity index (χ0v) is 11.6. The molecule has 0 aromatic heterocycles. The normalized spacial score (nSPS) is 27.4. The van der Waals surface area contributed by atoms with Crippen LogP contribution in [0.5, 0.6) is 0 Å². The topological polar surface area (TPSA) is 12.5 Å². The third-order valence-electron chi connectivity index (χ3n) is 3.74. The maximum atomic E-state index is 5.15. The molecule has 1 aromatic rings. The number of ether oxygens (including phenoxy) is 1. The summed E-state index contributed by atoms with van der Waals surface area (Å²) in [5.41, 5.74) is 2.83. The lowest BCUT2D eigenvalue weighted by molar-refractivity contribution is 0.117. The molecule has 2 atom stereocenters. The second-order valence-electron chi connectivity index (χ2n) is 5.28. The van der Waals surface area contributed by atoms with Gasteiger partial charge >= 0.3 is 0 Å². The zero-order chi connectivity index (χ0) is 13.0. The van der Waals surface area contributed by atoms with Crippen LogP contribution in [-0.4, -0.2) is 24.1 Å². The van der Waals surface area contributed by atoms with Gasteiger partial charge in [-0.15, -0.1) is 0 Å². The van der Waals surface area contributed by atoms with Crippen LogP contribution in [-0.2, 0) is 11.3 Å². The van der Waals surface area contributed by atoms with Crippen molar-refractivity contribution >= 4 is 0 Å². The molecule has 98 valence electrons. The first kappa shape index (κ1) is 13.2. The van der Waals surface area contributed by atoms with Crippen LogP contribution in [0.3, 0.4) is 0 Å². The monoisotopic (exact) mass is 245 g/mol. The first-order chi connectivity index (χ1) is 8.70. The van der Waals surface area contributed by atoms with Gasteiger partial charge in [0.2, 0.25) is 0 Å². The van der Waals surface area contributed by atoms with E-state index in [9.17, 15) is 0 Å². The van der Waals surface area contributed by atoms with Crippen molar-refractivity contribution in [1.82, 2.24) is 4.90 Å². The first-order valence-corrected chi connectivity index (χ1v) is 6.71. The van der Waals surface area contributed by atoms with Crippen molar-refractivity contribution in [2.45, 2.75) is 45.3 Å². The SMILES string of the molecule is CO/C=C1/C[C@@H](C)N(Cc2ccccc2)[C@@H](C)C1. The van der Waals surface area contributed by atoms with Crippen LogP contribution >= 0.6 is 0 Å². The van der Waals surface area contributed by atoms with Crippen molar-refractivity contribution < 1.29 is 4.74 Å². The Balaban J connectivity index is 2.04. The Kier molecular flexibility index (Phi) is 4.43. The van der Waals surface area contributed by atoms with Gasteiger partial charge in [-0.3, -0.25) is 4.90 Å². The smallest absolute Gasteiger partial charge is 0.0817 e. The van der Waals surface area contributed by atoms with Crippen LogP contribution < -0.4 is 0 Å². The van der Waals surface area contributed by atoms with E-state index in [-0.39, 0.29) is 0 Å². The molecule has 2 heteroatoms. The van der Waals surface area contributed by atoms with Crippen molar-refractivity contribution in [2.75, 3.05) is 7.11 Å². The molecular weight excluding hydrogens is 222 g/mol. The summed E-state index contributed by atoms with van der Waals surface area (Å²) in [4.78, 5) is 2.59. The molecule has 0 saturated carbocycles. The standard InChI is InChI=1S/C16H23NO/c1-13-9-16(12-18-3)10-14(2)17(13)11-15-7-5-4-6-8-15/h4-8,12-14H,9-11H2,1-3H3/b16-12-/t13-,14+/m1/s1. The Morgan fingerprint density at radius 2 is 1.78 bits per heavy atom. The molecule has 1 saturated heterocycles. The number of hydrogen-bond donors (Lipinski definition) is 0. The van der Waals surface area contributed by atoms with Crippen LogP contribution in [0.4, 0.5) is 0 Å². The fraction of sp³-hybridized carbons (Fsp3) is 0.500. The second kappa shape index (κ2) is 6.05. The maximum Gasteiger partial charge on any atom is 0.0817 e. The number of methoxy groups -OCH3 is 1. The van der Waals surface area contributed by atoms with E-state index in [1.807, 2.05) is 6.26 Å². The van der Waals surface area contributed by atoms with E-state index in [0.29, 0.717) is 12.1 Å². The van der Waals surface area contributed by atoms with Gasteiger partial charge in [-0.25, -0.2) is 0 Å². The van der Waals surface area contributed by atoms with E-state index < -0.39 is 0 Å². The molecule has 1 aromatic carbocycles. The number of likely N-dealkylation sites (tertiary alicyclic amines) is 1. The van der Waals surface area contributed by atoms with Crippen LogP contribution in [0.25, 0.3) is 0 Å². The summed E-state index contributed by atoms with van der Waals surface area (Å²) in [7, 11) is 1.73. The van der Waals surface area contributed by atoms with Crippen LogP contribution in [0.2, 0.25) is 0 Å². The second-order valence-corrected chi connectivity index (χ2v) is 5.28. The number of piperidine rings is 1. The highest BCUT2D eigenvalue weighted by molar-refractivity contribution is 5.16. The molecular formula is C16H23NO. The van der Waals surface area contributed by atoms with Crippen LogP contribution in [0.15, 0.2) is 42.2 Å². The van der Waals surface area contributed by atoms with Crippen LogP contribution in [0.1, 0.15) is 32.3 Å². The van der Waals surface area contributed by atoms with Gasteiger partial charge in [-0.1, -0.05) is 30.3 Å². The fourth-order valence-electron chi connectivity index (χ4n) is 2.88. The van der Waals surface area contributed by atoms with E-state index in [0.717, 1.165) is 19.4 Å². The van der Waals surface area contributed by atoms with E-state index >= 15 is 0 Å². The van der Waals surface area contributed by atoms with Gasteiger partial charge in [0, 0.05) is 18.6 Å². The Morgan fingerprint density at radius 3 is 2.33 bits per heavy atom. The van der Waals surface area contributed by atoms with Gasteiger partial charge < -0.3 is 4.74 Å². The van der Waals surface area contributed by atoms with Crippen LogP contribution in [0, 0.1) is 0 Å². The summed E-state index contributed by atoms with van der Waals surface area (Å²) >= 11 is 0. The average Bonchev–Trinajstić information content (AvgIpc) is 2.36. The van der Waals surface area contributed by atoms with E-state index in [4.69, 9.17) is 4.74 Å². The zero-order valence-electron chi connectivity index (χ0n) is 11.6. The fourth-order valence-corrected chi connectivity index (χ4v) is 2.88. The lowest BCUT2D eigenvalue weighted by Crippen LogP contribution is -2.43. The van der Waals surface area contributed by atoms with E-state index in [2.05, 4.69) is 49.1 Å². The molecule has 0 N–H and O–H groups in total. The molecule has 1 fully saturated rings. The minimum Gasteiger partial charge on any atom is -0.504 e. The third-order valence-corrected chi connectivity index (χ3v) is 3.74. The van der Waals surface area contributed by atoms with Crippen molar-refractivity contribution in [3.05, 3.63) is 47.7 Å².